The predicted molar refractivity (Wildman–Crippen MR) is 148 cm³/mol. The highest BCUT2D eigenvalue weighted by atomic mass is 32.2. The summed E-state index contributed by atoms with van der Waals surface area (Å²) >= 11 is 1.51. The van der Waals surface area contributed by atoms with Crippen LogP contribution in [0.5, 0.6) is 0 Å². The Labute approximate surface area is 225 Å². The van der Waals surface area contributed by atoms with Crippen LogP contribution in [0, 0.1) is 0 Å². The molecular weight excluding hydrogens is 506 g/mol. The number of carbonyl (C=O) groups excluding carboxylic acids is 3. The zero-order valence-corrected chi connectivity index (χ0v) is 21.9. The smallest absolute Gasteiger partial charge is 0.326 e. The number of para-hydroxylation sites is 1. The first-order valence-corrected chi connectivity index (χ1v) is 13.6. The van der Waals surface area contributed by atoms with Gasteiger partial charge in [-0.3, -0.25) is 14.4 Å². The van der Waals surface area contributed by atoms with E-state index in [1.807, 2.05) is 42.8 Å². The number of carboxylic acid groups (broad SMARTS) is 1. The molecular formula is C27H33N5O5S. The highest BCUT2D eigenvalue weighted by Gasteiger charge is 2.25. The first-order chi connectivity index (χ1) is 18.3. The summed E-state index contributed by atoms with van der Waals surface area (Å²) in [5.74, 6) is -2.25. The van der Waals surface area contributed by atoms with E-state index in [1.54, 1.807) is 24.3 Å². The number of thioether (sulfide) groups is 1. The Morgan fingerprint density at radius 2 is 1.66 bits per heavy atom. The Bertz CT molecular complexity index is 1250. The molecule has 0 radical (unpaired) electrons. The molecule has 3 atom stereocenters. The molecule has 11 heteroatoms. The van der Waals surface area contributed by atoms with Gasteiger partial charge in [-0.2, -0.15) is 11.8 Å². The van der Waals surface area contributed by atoms with Crippen molar-refractivity contribution in [1.29, 1.82) is 0 Å². The molecule has 0 aliphatic carbocycles. The molecule has 3 amide bonds. The largest absolute Gasteiger partial charge is 0.480 e. The van der Waals surface area contributed by atoms with E-state index >= 15 is 0 Å². The molecule has 0 saturated carbocycles. The number of rotatable bonds is 14. The minimum Gasteiger partial charge on any atom is -0.480 e. The van der Waals surface area contributed by atoms with Gasteiger partial charge in [-0.25, -0.2) is 4.79 Å². The highest BCUT2D eigenvalue weighted by Crippen LogP contribution is 2.18. The fourth-order valence-electron chi connectivity index (χ4n) is 4.00. The molecule has 1 aromatic heterocycles. The molecule has 3 aromatic rings. The van der Waals surface area contributed by atoms with E-state index in [0.29, 0.717) is 12.2 Å². The van der Waals surface area contributed by atoms with E-state index in [4.69, 9.17) is 5.73 Å². The number of amides is 3. The molecule has 0 aliphatic heterocycles. The number of nitrogens with one attached hydrogen (secondary N) is 4. The van der Waals surface area contributed by atoms with Crippen molar-refractivity contribution in [3.05, 3.63) is 71.9 Å². The number of aromatic amines is 1. The second-order valence-corrected chi connectivity index (χ2v) is 9.86. The van der Waals surface area contributed by atoms with Crippen molar-refractivity contribution in [2.75, 3.05) is 18.6 Å². The van der Waals surface area contributed by atoms with Gasteiger partial charge < -0.3 is 31.8 Å². The maximum Gasteiger partial charge on any atom is 0.326 e. The second-order valence-electron chi connectivity index (χ2n) is 8.88. The van der Waals surface area contributed by atoms with Crippen molar-refractivity contribution in [1.82, 2.24) is 20.9 Å². The Hall–Kier alpha value is -3.83. The van der Waals surface area contributed by atoms with Crippen LogP contribution in [0.15, 0.2) is 60.8 Å². The predicted octanol–water partition coefficient (Wildman–Crippen LogP) is 1.20. The topological polar surface area (TPSA) is 166 Å². The molecule has 10 nitrogen and oxygen atoms in total. The summed E-state index contributed by atoms with van der Waals surface area (Å²) < 4.78 is 0. The second kappa shape index (κ2) is 14.2. The maximum absolute atomic E-state index is 12.8. The Morgan fingerprint density at radius 1 is 0.947 bits per heavy atom. The van der Waals surface area contributed by atoms with Crippen LogP contribution >= 0.6 is 11.8 Å². The van der Waals surface area contributed by atoms with Crippen LogP contribution in [0.25, 0.3) is 10.9 Å². The number of aliphatic carboxylic acids is 1. The zero-order valence-electron chi connectivity index (χ0n) is 21.1. The number of benzene rings is 2. The number of hydrogen-bond acceptors (Lipinski definition) is 6. The number of carbonyl (C=O) groups is 4. The third-order valence-electron chi connectivity index (χ3n) is 6.03. The lowest BCUT2D eigenvalue weighted by molar-refractivity contribution is -0.141. The lowest BCUT2D eigenvalue weighted by Crippen LogP contribution is -2.54. The Balaban J connectivity index is 1.54. The van der Waals surface area contributed by atoms with Crippen LogP contribution in [-0.4, -0.2) is 70.5 Å². The molecule has 3 rings (SSSR count). The summed E-state index contributed by atoms with van der Waals surface area (Å²) in [6.45, 7) is -0.426. The molecule has 0 spiro atoms. The molecule has 0 fully saturated rings. The maximum atomic E-state index is 12.8. The van der Waals surface area contributed by atoms with Gasteiger partial charge in [-0.1, -0.05) is 48.5 Å². The monoisotopic (exact) mass is 539 g/mol. The number of H-pyrrole nitrogens is 1. The standard InChI is InChI=1S/C27H33N5O5S/c1-38-12-11-22(32-25(34)20(28)14-18-15-29-21-10-6-5-9-19(18)21)26(35)30-16-24(33)31-23(27(36)37)13-17-7-3-2-4-8-17/h2-10,15,20,22-23,29H,11-14,16,28H2,1H3,(H,30,35)(H,31,33)(H,32,34)(H,36,37). The third-order valence-corrected chi connectivity index (χ3v) is 6.68. The van der Waals surface area contributed by atoms with Crippen molar-refractivity contribution in [3.63, 3.8) is 0 Å². The molecule has 0 bridgehead atoms. The fourth-order valence-corrected chi connectivity index (χ4v) is 4.47. The minimum absolute atomic E-state index is 0.108. The van der Waals surface area contributed by atoms with Gasteiger partial charge in [-0.15, -0.1) is 0 Å². The van der Waals surface area contributed by atoms with Gasteiger partial charge in [0.2, 0.25) is 17.7 Å². The molecule has 1 heterocycles. The number of hydrogen-bond donors (Lipinski definition) is 6. The van der Waals surface area contributed by atoms with E-state index in [1.165, 1.54) is 11.8 Å². The summed E-state index contributed by atoms with van der Waals surface area (Å²) in [6, 6.07) is 13.7. The van der Waals surface area contributed by atoms with Gasteiger partial charge in [0.05, 0.1) is 12.6 Å². The van der Waals surface area contributed by atoms with Gasteiger partial charge in [-0.05, 0) is 42.0 Å². The van der Waals surface area contributed by atoms with Gasteiger partial charge in [0, 0.05) is 23.5 Å². The SMILES string of the molecule is CSCCC(NC(=O)C(N)Cc1c[nH]c2ccccc12)C(=O)NCC(=O)NC(Cc1ccccc1)C(=O)O. The molecule has 38 heavy (non-hydrogen) atoms. The normalized spacial score (nSPS) is 13.3. The number of nitrogens with two attached hydrogens (primary N) is 1. The van der Waals surface area contributed by atoms with Crippen LogP contribution in [-0.2, 0) is 32.0 Å². The molecule has 2 aromatic carbocycles. The summed E-state index contributed by atoms with van der Waals surface area (Å²) in [5, 5.41) is 18.1. The third kappa shape index (κ3) is 8.35. The molecule has 3 unspecified atom stereocenters. The first kappa shape index (κ1) is 28.7. The van der Waals surface area contributed by atoms with Crippen LogP contribution in [0.4, 0.5) is 0 Å². The van der Waals surface area contributed by atoms with E-state index in [0.717, 1.165) is 22.0 Å². The molecule has 0 saturated heterocycles. The highest BCUT2D eigenvalue weighted by molar-refractivity contribution is 7.98. The fraction of sp³-hybridized carbons (Fsp3) is 0.333. The van der Waals surface area contributed by atoms with Crippen molar-refractivity contribution in [2.45, 2.75) is 37.4 Å². The van der Waals surface area contributed by atoms with E-state index in [-0.39, 0.29) is 12.8 Å². The zero-order chi connectivity index (χ0) is 27.5. The van der Waals surface area contributed by atoms with E-state index < -0.39 is 48.4 Å². The summed E-state index contributed by atoms with van der Waals surface area (Å²) in [5.41, 5.74) is 8.76. The number of fused-ring (bicyclic) bond motifs is 1. The summed E-state index contributed by atoms with van der Waals surface area (Å²) in [7, 11) is 0. The molecule has 202 valence electrons. The van der Waals surface area contributed by atoms with Crippen LogP contribution in [0.1, 0.15) is 17.5 Å². The van der Waals surface area contributed by atoms with E-state index in [9.17, 15) is 24.3 Å². The Kier molecular flexibility index (Phi) is 10.7. The first-order valence-electron chi connectivity index (χ1n) is 12.2. The van der Waals surface area contributed by atoms with Gasteiger partial charge in [0.15, 0.2) is 0 Å². The van der Waals surface area contributed by atoms with Crippen molar-refractivity contribution >= 4 is 46.4 Å². The molecule has 0 aliphatic rings. The average molecular weight is 540 g/mol. The lowest BCUT2D eigenvalue weighted by Gasteiger charge is -2.21. The van der Waals surface area contributed by atoms with Gasteiger partial charge >= 0.3 is 5.97 Å². The summed E-state index contributed by atoms with van der Waals surface area (Å²) in [4.78, 5) is 52.8. The Morgan fingerprint density at radius 3 is 2.37 bits per heavy atom. The van der Waals surface area contributed by atoms with Crippen molar-refractivity contribution in [3.8, 4) is 0 Å². The van der Waals surface area contributed by atoms with Crippen molar-refractivity contribution < 1.29 is 24.3 Å². The van der Waals surface area contributed by atoms with Crippen LogP contribution in [0.3, 0.4) is 0 Å². The number of carboxylic acids is 1. The van der Waals surface area contributed by atoms with Crippen LogP contribution < -0.4 is 21.7 Å². The van der Waals surface area contributed by atoms with Gasteiger partial charge in [0.1, 0.15) is 12.1 Å². The quantitative estimate of drug-likeness (QED) is 0.179. The average Bonchev–Trinajstić information content (AvgIpc) is 3.32. The van der Waals surface area contributed by atoms with Crippen molar-refractivity contribution in [2.24, 2.45) is 5.73 Å². The van der Waals surface area contributed by atoms with Gasteiger partial charge in [0.25, 0.3) is 0 Å². The number of aromatic nitrogens is 1. The minimum atomic E-state index is -1.18. The lowest BCUT2D eigenvalue weighted by atomic mass is 10.0. The van der Waals surface area contributed by atoms with E-state index in [2.05, 4.69) is 20.9 Å². The molecule has 7 N–H and O–H groups in total. The van der Waals surface area contributed by atoms with Crippen LogP contribution in [0.2, 0.25) is 0 Å². The summed E-state index contributed by atoms with van der Waals surface area (Å²) in [6.07, 6.45) is 4.43.